The molecule has 52 heavy (non-hydrogen) atoms. The maximum Gasteiger partial charge on any atom is 0.329 e. The summed E-state index contributed by atoms with van der Waals surface area (Å²) in [5.41, 5.74) is -0.100. The number of carbonyl (C=O) groups excluding carboxylic acids is 6. The number of esters is 1. The van der Waals surface area contributed by atoms with Gasteiger partial charge in [-0.25, -0.2) is 4.79 Å². The third-order valence-electron chi connectivity index (χ3n) is 12.0. The van der Waals surface area contributed by atoms with E-state index in [0.29, 0.717) is 44.1 Å². The lowest BCUT2D eigenvalue weighted by atomic mass is 9.83. The summed E-state index contributed by atoms with van der Waals surface area (Å²) in [7, 11) is 1.55. The number of ether oxygens (including phenoxy) is 1. The van der Waals surface area contributed by atoms with Crippen LogP contribution in [0.1, 0.15) is 92.6 Å². The van der Waals surface area contributed by atoms with E-state index in [1.165, 1.54) is 17.0 Å². The predicted molar refractivity (Wildman–Crippen MR) is 192 cm³/mol. The molecule has 8 unspecified atom stereocenters. The van der Waals surface area contributed by atoms with Crippen LogP contribution in [0.2, 0.25) is 0 Å². The van der Waals surface area contributed by atoms with Crippen molar-refractivity contribution >= 4 is 35.5 Å². The Morgan fingerprint density at radius 3 is 2.21 bits per heavy atom. The van der Waals surface area contributed by atoms with Crippen LogP contribution in [0.5, 0.6) is 5.75 Å². The second kappa shape index (κ2) is 15.4. The molecule has 7 aliphatic rings. The number of amides is 5. The Morgan fingerprint density at radius 2 is 1.60 bits per heavy atom. The molecule has 0 aromatic heterocycles. The number of benzene rings is 1. The molecular formula is C39H57N5O8. The highest BCUT2D eigenvalue weighted by molar-refractivity contribution is 5.97. The molecule has 1 aromatic carbocycles. The summed E-state index contributed by atoms with van der Waals surface area (Å²) in [6.45, 7) is 13.3. The topological polar surface area (TPSA) is 174 Å². The highest BCUT2D eigenvalue weighted by Crippen LogP contribution is 2.53. The number of hydrogen-bond acceptors (Lipinski definition) is 8. The Bertz CT molecular complexity index is 1550. The molecule has 1 spiro atoms. The van der Waals surface area contributed by atoms with E-state index in [4.69, 9.17) is 4.74 Å². The molecule has 6 saturated heterocycles. The number of likely N-dealkylation sites (N-methyl/N-ethyl adjacent to an activating group) is 1. The van der Waals surface area contributed by atoms with E-state index < -0.39 is 77.4 Å². The van der Waals surface area contributed by atoms with Crippen molar-refractivity contribution in [3.8, 4) is 5.75 Å². The monoisotopic (exact) mass is 723 g/mol. The van der Waals surface area contributed by atoms with Gasteiger partial charge in [0.15, 0.2) is 0 Å². The molecule has 1 aliphatic carbocycles. The van der Waals surface area contributed by atoms with Crippen molar-refractivity contribution in [3.63, 3.8) is 0 Å². The highest BCUT2D eigenvalue weighted by atomic mass is 16.5. The maximum absolute atomic E-state index is 14.7. The van der Waals surface area contributed by atoms with Crippen molar-refractivity contribution in [3.05, 3.63) is 29.8 Å². The van der Waals surface area contributed by atoms with Crippen molar-refractivity contribution in [1.82, 2.24) is 25.8 Å². The minimum absolute atomic E-state index is 0.0549. The molecule has 0 radical (unpaired) electrons. The van der Waals surface area contributed by atoms with Crippen LogP contribution >= 0.6 is 0 Å². The van der Waals surface area contributed by atoms with Crippen molar-refractivity contribution in [2.45, 2.75) is 135 Å². The van der Waals surface area contributed by atoms with Crippen molar-refractivity contribution in [1.29, 1.82) is 0 Å². The fourth-order valence-electron chi connectivity index (χ4n) is 8.50. The molecule has 5 amide bonds. The summed E-state index contributed by atoms with van der Waals surface area (Å²) < 4.78 is 5.83. The number of hydrogen-bond donors (Lipinski definition) is 4. The molecule has 6 aliphatic heterocycles. The van der Waals surface area contributed by atoms with E-state index in [1.807, 2.05) is 41.5 Å². The maximum atomic E-state index is 14.7. The molecule has 4 bridgehead atoms. The lowest BCUT2D eigenvalue weighted by Crippen LogP contribution is -2.64. The quantitative estimate of drug-likeness (QED) is 0.311. The minimum atomic E-state index is -1.07. The van der Waals surface area contributed by atoms with Crippen LogP contribution < -0.4 is 16.0 Å². The van der Waals surface area contributed by atoms with E-state index in [9.17, 15) is 33.9 Å². The van der Waals surface area contributed by atoms with Crippen LogP contribution in [0.25, 0.3) is 0 Å². The second-order valence-corrected chi connectivity index (χ2v) is 16.2. The predicted octanol–water partition coefficient (Wildman–Crippen LogP) is 2.68. The van der Waals surface area contributed by atoms with Gasteiger partial charge in [-0.2, -0.15) is 0 Å². The van der Waals surface area contributed by atoms with Gasteiger partial charge in [-0.3, -0.25) is 24.0 Å². The summed E-state index contributed by atoms with van der Waals surface area (Å²) in [6.07, 6.45) is 1.96. The zero-order valence-electron chi connectivity index (χ0n) is 31.8. The van der Waals surface area contributed by atoms with Crippen LogP contribution in [-0.2, 0) is 39.9 Å². The van der Waals surface area contributed by atoms with Gasteiger partial charge in [0, 0.05) is 19.5 Å². The van der Waals surface area contributed by atoms with Crippen molar-refractivity contribution in [2.24, 2.45) is 29.6 Å². The van der Waals surface area contributed by atoms with Crippen LogP contribution in [0.15, 0.2) is 24.3 Å². The van der Waals surface area contributed by atoms with Gasteiger partial charge in [0.25, 0.3) is 0 Å². The number of piperidine rings is 1. The first-order valence-corrected chi connectivity index (χ1v) is 19.0. The number of nitrogens with one attached hydrogen (secondary N) is 3. The number of phenols is 1. The minimum Gasteiger partial charge on any atom is -0.508 e. The van der Waals surface area contributed by atoms with Crippen molar-refractivity contribution in [2.75, 3.05) is 7.05 Å². The van der Waals surface area contributed by atoms with Crippen molar-refractivity contribution < 1.29 is 38.6 Å². The van der Waals surface area contributed by atoms with Gasteiger partial charge in [0.1, 0.15) is 36.0 Å². The Morgan fingerprint density at radius 1 is 0.923 bits per heavy atom. The Balaban J connectivity index is 1.56. The number of carbonyl (C=O) groups is 6. The first-order chi connectivity index (χ1) is 24.5. The number of rotatable bonds is 7. The molecular weight excluding hydrogens is 666 g/mol. The van der Waals surface area contributed by atoms with Gasteiger partial charge < -0.3 is 35.6 Å². The zero-order chi connectivity index (χ0) is 38.2. The van der Waals surface area contributed by atoms with E-state index in [-0.39, 0.29) is 41.7 Å². The molecule has 11 atom stereocenters. The Labute approximate surface area is 306 Å². The summed E-state index contributed by atoms with van der Waals surface area (Å²) in [5, 5.41) is 18.9. The Hall–Kier alpha value is -4.16. The first-order valence-electron chi connectivity index (χ1n) is 19.0. The average molecular weight is 724 g/mol. The lowest BCUT2D eigenvalue weighted by Gasteiger charge is -2.45. The SMILES string of the molecule is CCC(C)C1C(=O)N(C)C(Cc2ccc(O)cc2)C(=O)N[C@@H]2C(=O)OC(CC2CC)[C@H](C)C(=O)NC(CC(C)C)C(=O)NC23CC2C(=O)N1[C@@H](C)C3. The number of aromatic hydroxyl groups is 1. The van der Waals surface area contributed by atoms with E-state index >= 15 is 0 Å². The van der Waals surface area contributed by atoms with Gasteiger partial charge >= 0.3 is 5.97 Å². The molecule has 13 heteroatoms. The van der Waals surface area contributed by atoms with Crippen LogP contribution in [-0.4, -0.2) is 99.3 Å². The Kier molecular flexibility index (Phi) is 11.6. The fraction of sp³-hybridized carbons (Fsp3) is 0.692. The number of nitrogens with zero attached hydrogens (tertiary/aromatic N) is 2. The van der Waals surface area contributed by atoms with Gasteiger partial charge in [-0.05, 0) is 68.1 Å². The molecule has 286 valence electrons. The summed E-state index contributed by atoms with van der Waals surface area (Å²) in [5.74, 6) is -4.40. The van der Waals surface area contributed by atoms with Gasteiger partial charge in [-0.1, -0.05) is 66.5 Å². The van der Waals surface area contributed by atoms with Crippen LogP contribution in [0.3, 0.4) is 0 Å². The van der Waals surface area contributed by atoms with Gasteiger partial charge in [-0.15, -0.1) is 0 Å². The molecule has 1 saturated carbocycles. The normalized spacial score (nSPS) is 35.1. The molecule has 7 fully saturated rings. The third-order valence-corrected chi connectivity index (χ3v) is 12.0. The third kappa shape index (κ3) is 7.78. The standard InChI is InChI=1S/C39H57N5O8/c1-9-21(5)32-37(50)43(8)29(16-24-11-13-26(45)14-12-24)35(48)41-31-25(10-2)17-30(52-38(31)51)23(7)33(46)40-28(15-20(3)4)34(47)42-39-18-22(6)44(32)36(49)27(39)19-39/h11-14,20-23,25,27-32,45H,9-10,15-19H2,1-8H3,(H,40,46)(H,41,48)(H,42,47)/t21?,22-,23-,25?,27?,28?,29?,30?,31-,32?,39?/m0/s1. The molecule has 13 nitrogen and oxygen atoms in total. The molecule has 1 aromatic rings. The van der Waals surface area contributed by atoms with E-state index in [0.717, 1.165) is 0 Å². The molecule has 6 heterocycles. The van der Waals surface area contributed by atoms with Gasteiger partial charge in [0.05, 0.1) is 17.4 Å². The lowest BCUT2D eigenvalue weighted by molar-refractivity contribution is -0.168. The van der Waals surface area contributed by atoms with Gasteiger partial charge in [0.2, 0.25) is 29.5 Å². The summed E-state index contributed by atoms with van der Waals surface area (Å²) in [6, 6.07) is 2.12. The smallest absolute Gasteiger partial charge is 0.329 e. The zero-order valence-corrected chi connectivity index (χ0v) is 31.8. The first kappa shape index (κ1) is 39.1. The fourth-order valence-corrected chi connectivity index (χ4v) is 8.50. The van der Waals surface area contributed by atoms with E-state index in [2.05, 4.69) is 16.0 Å². The average Bonchev–Trinajstić information content (AvgIpc) is 3.81. The molecule has 8 rings (SSSR count). The summed E-state index contributed by atoms with van der Waals surface area (Å²) >= 11 is 0. The highest BCUT2D eigenvalue weighted by Gasteiger charge is 2.66. The number of phenolic OH excluding ortho intramolecular Hbond substituents is 1. The molecule has 4 N–H and O–H groups in total. The largest absolute Gasteiger partial charge is 0.508 e. The van der Waals surface area contributed by atoms with Crippen LogP contribution in [0, 0.1) is 29.6 Å². The van der Waals surface area contributed by atoms with Crippen LogP contribution in [0.4, 0.5) is 0 Å². The summed E-state index contributed by atoms with van der Waals surface area (Å²) in [4.78, 5) is 87.7. The second-order valence-electron chi connectivity index (χ2n) is 16.2. The van der Waals surface area contributed by atoms with E-state index in [1.54, 1.807) is 31.0 Å².